The zero-order chi connectivity index (χ0) is 22.8. The number of fused-ring (bicyclic) bond motifs is 1. The van der Waals surface area contributed by atoms with Crippen molar-refractivity contribution in [2.45, 2.75) is 18.8 Å². The van der Waals surface area contributed by atoms with E-state index in [4.69, 9.17) is 4.74 Å². The molecule has 1 aliphatic heterocycles. The molecule has 164 valence electrons. The quantitative estimate of drug-likeness (QED) is 0.419. The number of ether oxygens (including phenoxy) is 1. The molecular formula is C28H25N3O2. The van der Waals surface area contributed by atoms with Crippen molar-refractivity contribution < 1.29 is 4.74 Å². The summed E-state index contributed by atoms with van der Waals surface area (Å²) in [6.07, 6.45) is 1.93. The Morgan fingerprint density at radius 2 is 1.52 bits per heavy atom. The van der Waals surface area contributed by atoms with Crippen LogP contribution in [-0.2, 0) is 7.05 Å². The van der Waals surface area contributed by atoms with Crippen LogP contribution < -0.4 is 15.2 Å². The lowest BCUT2D eigenvalue weighted by atomic mass is 9.89. The van der Waals surface area contributed by atoms with Gasteiger partial charge in [-0.2, -0.15) is 5.26 Å². The number of anilines is 1. The molecule has 1 aromatic heterocycles. The van der Waals surface area contributed by atoms with Gasteiger partial charge in [0, 0.05) is 25.5 Å². The van der Waals surface area contributed by atoms with E-state index >= 15 is 0 Å². The maximum absolute atomic E-state index is 12.8. The lowest BCUT2D eigenvalue weighted by Gasteiger charge is -2.35. The number of para-hydroxylation sites is 2. The van der Waals surface area contributed by atoms with E-state index in [1.165, 1.54) is 5.56 Å². The molecule has 2 heterocycles. The average Bonchev–Trinajstić information content (AvgIpc) is 2.87. The van der Waals surface area contributed by atoms with Gasteiger partial charge in [-0.05, 0) is 54.7 Å². The van der Waals surface area contributed by atoms with Gasteiger partial charge in [-0.15, -0.1) is 0 Å². The topological polar surface area (TPSA) is 58.3 Å². The minimum absolute atomic E-state index is 0.233. The minimum atomic E-state index is -0.234. The molecule has 0 amide bonds. The molecule has 33 heavy (non-hydrogen) atoms. The standard InChI is InChI=1S/C28H25N3O2/c1-30-26-10-6-5-9-24(26)27(25(19-29)28(30)32)31-17-15-21(16-18-31)20-11-13-23(14-12-20)33-22-7-3-2-4-8-22/h2-14,21H,15-18H2,1H3. The van der Waals surface area contributed by atoms with E-state index in [2.05, 4.69) is 23.1 Å². The minimum Gasteiger partial charge on any atom is -0.457 e. The first-order valence-electron chi connectivity index (χ1n) is 11.3. The molecule has 0 aliphatic carbocycles. The van der Waals surface area contributed by atoms with Gasteiger partial charge >= 0.3 is 0 Å². The van der Waals surface area contributed by atoms with E-state index in [-0.39, 0.29) is 11.1 Å². The second-order valence-corrected chi connectivity index (χ2v) is 8.46. The van der Waals surface area contributed by atoms with Crippen LogP contribution in [0.3, 0.4) is 0 Å². The van der Waals surface area contributed by atoms with Crippen LogP contribution in [0.2, 0.25) is 0 Å². The highest BCUT2D eigenvalue weighted by atomic mass is 16.5. The third-order valence-electron chi connectivity index (χ3n) is 6.53. The molecule has 5 heteroatoms. The first-order valence-corrected chi connectivity index (χ1v) is 11.3. The van der Waals surface area contributed by atoms with Crippen molar-refractivity contribution in [3.63, 3.8) is 0 Å². The smallest absolute Gasteiger partial charge is 0.270 e. The second-order valence-electron chi connectivity index (χ2n) is 8.46. The van der Waals surface area contributed by atoms with Crippen LogP contribution in [0, 0.1) is 11.3 Å². The Hall–Kier alpha value is -4.04. The maximum Gasteiger partial charge on any atom is 0.270 e. The van der Waals surface area contributed by atoms with Crippen molar-refractivity contribution in [3.8, 4) is 17.6 Å². The van der Waals surface area contributed by atoms with E-state index in [9.17, 15) is 10.1 Å². The summed E-state index contributed by atoms with van der Waals surface area (Å²) in [6, 6.07) is 28.1. The van der Waals surface area contributed by atoms with Crippen LogP contribution in [0.1, 0.15) is 29.9 Å². The van der Waals surface area contributed by atoms with Crippen LogP contribution in [0.5, 0.6) is 11.5 Å². The molecule has 5 nitrogen and oxygen atoms in total. The third kappa shape index (κ3) is 3.96. The molecule has 1 aliphatic rings. The summed E-state index contributed by atoms with van der Waals surface area (Å²) in [4.78, 5) is 15.0. The summed E-state index contributed by atoms with van der Waals surface area (Å²) < 4.78 is 7.49. The molecule has 0 bridgehead atoms. The zero-order valence-electron chi connectivity index (χ0n) is 18.6. The predicted octanol–water partition coefficient (Wildman–Crippen LogP) is 5.59. The van der Waals surface area contributed by atoms with E-state index in [1.807, 2.05) is 66.7 Å². The number of nitrogens with zero attached hydrogens (tertiary/aromatic N) is 3. The molecule has 4 aromatic rings. The molecule has 0 unspecified atom stereocenters. The van der Waals surface area contributed by atoms with Crippen molar-refractivity contribution >= 4 is 16.6 Å². The molecule has 0 spiro atoms. The first-order chi connectivity index (χ1) is 16.2. The number of piperidine rings is 1. The maximum atomic E-state index is 12.8. The number of hydrogen-bond acceptors (Lipinski definition) is 4. The van der Waals surface area contributed by atoms with E-state index in [0.29, 0.717) is 5.92 Å². The third-order valence-corrected chi connectivity index (χ3v) is 6.53. The Kier molecular flexibility index (Phi) is 5.58. The number of hydrogen-bond donors (Lipinski definition) is 0. The highest BCUT2D eigenvalue weighted by Crippen LogP contribution is 2.35. The van der Waals surface area contributed by atoms with Gasteiger partial charge in [0.1, 0.15) is 23.1 Å². The fourth-order valence-electron chi connectivity index (χ4n) is 4.78. The van der Waals surface area contributed by atoms with E-state index < -0.39 is 0 Å². The number of aromatic nitrogens is 1. The monoisotopic (exact) mass is 435 g/mol. The van der Waals surface area contributed by atoms with Crippen LogP contribution in [-0.4, -0.2) is 17.7 Å². The summed E-state index contributed by atoms with van der Waals surface area (Å²) in [7, 11) is 1.73. The Balaban J connectivity index is 1.35. The fourth-order valence-corrected chi connectivity index (χ4v) is 4.78. The first kappa shape index (κ1) is 20.8. The molecule has 1 fully saturated rings. The van der Waals surface area contributed by atoms with Crippen molar-refractivity contribution in [2.75, 3.05) is 18.0 Å². The van der Waals surface area contributed by atoms with Crippen LogP contribution >= 0.6 is 0 Å². The fraction of sp³-hybridized carbons (Fsp3) is 0.214. The number of nitriles is 1. The molecule has 0 N–H and O–H groups in total. The van der Waals surface area contributed by atoms with Crippen LogP contribution in [0.15, 0.2) is 83.7 Å². The van der Waals surface area contributed by atoms with Crippen LogP contribution in [0.25, 0.3) is 10.9 Å². The van der Waals surface area contributed by atoms with Gasteiger partial charge in [-0.1, -0.05) is 48.5 Å². The Bertz CT molecular complexity index is 1380. The van der Waals surface area contributed by atoms with Crippen molar-refractivity contribution in [1.82, 2.24) is 4.57 Å². The number of pyridine rings is 1. The predicted molar refractivity (Wildman–Crippen MR) is 131 cm³/mol. The molecule has 0 atom stereocenters. The molecule has 3 aromatic carbocycles. The molecule has 0 saturated carbocycles. The number of rotatable bonds is 4. The van der Waals surface area contributed by atoms with Gasteiger partial charge in [0.15, 0.2) is 0 Å². The van der Waals surface area contributed by atoms with E-state index in [0.717, 1.165) is 54.0 Å². The van der Waals surface area contributed by atoms with Crippen LogP contribution in [0.4, 0.5) is 5.69 Å². The summed E-state index contributed by atoms with van der Waals surface area (Å²) >= 11 is 0. The highest BCUT2D eigenvalue weighted by molar-refractivity contribution is 5.94. The molecule has 5 rings (SSSR count). The summed E-state index contributed by atoms with van der Waals surface area (Å²) in [5, 5.41) is 10.7. The summed E-state index contributed by atoms with van der Waals surface area (Å²) in [6.45, 7) is 1.61. The number of benzene rings is 3. The SMILES string of the molecule is Cn1c(=O)c(C#N)c(N2CCC(c3ccc(Oc4ccccc4)cc3)CC2)c2ccccc21. The van der Waals surface area contributed by atoms with E-state index in [1.54, 1.807) is 11.6 Å². The van der Waals surface area contributed by atoms with Gasteiger partial charge in [0.05, 0.1) is 11.2 Å². The van der Waals surface area contributed by atoms with Crippen molar-refractivity contribution in [1.29, 1.82) is 5.26 Å². The van der Waals surface area contributed by atoms with Crippen molar-refractivity contribution in [2.24, 2.45) is 7.05 Å². The van der Waals surface area contributed by atoms with Gasteiger partial charge in [-0.3, -0.25) is 4.79 Å². The Labute approximate surface area is 193 Å². The normalized spacial score (nSPS) is 14.2. The summed E-state index contributed by atoms with van der Waals surface area (Å²) in [5.41, 5.74) is 2.93. The number of aryl methyl sites for hydroxylation is 1. The largest absolute Gasteiger partial charge is 0.457 e. The second kappa shape index (κ2) is 8.84. The molecular weight excluding hydrogens is 410 g/mol. The Morgan fingerprint density at radius 1 is 0.879 bits per heavy atom. The lowest BCUT2D eigenvalue weighted by Crippen LogP contribution is -2.35. The zero-order valence-corrected chi connectivity index (χ0v) is 18.6. The van der Waals surface area contributed by atoms with Crippen molar-refractivity contribution in [3.05, 3.63) is 100 Å². The molecule has 1 saturated heterocycles. The van der Waals surface area contributed by atoms with Gasteiger partial charge in [0.2, 0.25) is 0 Å². The van der Waals surface area contributed by atoms with Gasteiger partial charge in [0.25, 0.3) is 5.56 Å². The molecule has 0 radical (unpaired) electrons. The average molecular weight is 436 g/mol. The summed E-state index contributed by atoms with van der Waals surface area (Å²) in [5.74, 6) is 2.09. The highest BCUT2D eigenvalue weighted by Gasteiger charge is 2.26. The lowest BCUT2D eigenvalue weighted by molar-refractivity contribution is 0.480. The van der Waals surface area contributed by atoms with Gasteiger partial charge in [-0.25, -0.2) is 0 Å². The Morgan fingerprint density at radius 3 is 2.21 bits per heavy atom. The van der Waals surface area contributed by atoms with Gasteiger partial charge < -0.3 is 14.2 Å².